The van der Waals surface area contributed by atoms with Crippen LogP contribution < -0.4 is 0 Å². The van der Waals surface area contributed by atoms with E-state index in [1.54, 1.807) is 0 Å². The molecule has 1 unspecified atom stereocenters. The molecule has 2 aliphatic carbocycles. The van der Waals surface area contributed by atoms with Crippen molar-refractivity contribution in [3.05, 3.63) is 0 Å². The fourth-order valence-electron chi connectivity index (χ4n) is 3.61. The number of hydrogen-bond donors (Lipinski definition) is 0. The van der Waals surface area contributed by atoms with Crippen molar-refractivity contribution in [3.8, 4) is 0 Å². The third-order valence-electron chi connectivity index (χ3n) is 4.54. The third kappa shape index (κ3) is 1.67. The first-order valence-electron chi connectivity index (χ1n) is 5.29. The fraction of sp³-hybridized carbons (Fsp3) is 1.00. The molecule has 0 saturated heterocycles. The molecule has 2 fully saturated rings. The normalized spacial score (nSPS) is 44.8. The summed E-state index contributed by atoms with van der Waals surface area (Å²) < 4.78 is -1.19. The maximum absolute atomic E-state index is 6.45. The Kier molecular flexibility index (Phi) is 4.82. The number of halogens is 8. The van der Waals surface area contributed by atoms with E-state index in [1.807, 2.05) is 0 Å². The molecule has 0 aromatic carbocycles. The average molecular weight is 414 g/mol. The van der Waals surface area contributed by atoms with Crippen molar-refractivity contribution in [2.45, 2.75) is 26.3 Å². The Labute approximate surface area is 146 Å². The summed E-state index contributed by atoms with van der Waals surface area (Å²) in [4.78, 5) is -0.902. The van der Waals surface area contributed by atoms with E-state index in [-0.39, 0.29) is 23.1 Å². The zero-order chi connectivity index (χ0) is 13.9. The Hall–Kier alpha value is 2.32. The number of fused-ring (bicyclic) bond motifs is 2. The van der Waals surface area contributed by atoms with E-state index in [0.29, 0.717) is 6.42 Å². The fourth-order valence-corrected chi connectivity index (χ4v) is 8.68. The smallest absolute Gasteiger partial charge is 0.126 e. The van der Waals surface area contributed by atoms with Crippen LogP contribution in [0.3, 0.4) is 0 Å². The monoisotopic (exact) mass is 410 g/mol. The van der Waals surface area contributed by atoms with E-state index in [1.165, 1.54) is 0 Å². The van der Waals surface area contributed by atoms with E-state index in [2.05, 4.69) is 0 Å². The van der Waals surface area contributed by atoms with Crippen LogP contribution in [0, 0.1) is 16.7 Å². The van der Waals surface area contributed by atoms with Gasteiger partial charge in [-0.05, 0) is 12.3 Å². The molecule has 0 amide bonds. The second-order valence-corrected chi connectivity index (χ2v) is 9.04. The molecule has 0 aromatic heterocycles. The molecular formula is C10H10Cl8. The molecular weight excluding hydrogens is 404 g/mol. The first-order chi connectivity index (χ1) is 8.23. The molecule has 0 spiro atoms. The largest absolute Gasteiger partial charge is 0.128 e. The third-order valence-corrected chi connectivity index (χ3v) is 8.41. The highest BCUT2D eigenvalue weighted by atomic mass is 35.5. The van der Waals surface area contributed by atoms with Crippen molar-refractivity contribution >= 4 is 92.8 Å². The van der Waals surface area contributed by atoms with Crippen LogP contribution in [-0.2, 0) is 0 Å². The molecule has 0 heterocycles. The van der Waals surface area contributed by atoms with E-state index in [4.69, 9.17) is 92.8 Å². The molecule has 2 bridgehead atoms. The summed E-state index contributed by atoms with van der Waals surface area (Å²) in [6, 6.07) is 0. The zero-order valence-corrected chi connectivity index (χ0v) is 15.0. The maximum atomic E-state index is 6.45. The van der Waals surface area contributed by atoms with Crippen molar-refractivity contribution < 1.29 is 0 Å². The lowest BCUT2D eigenvalue weighted by molar-refractivity contribution is 0.148. The summed E-state index contributed by atoms with van der Waals surface area (Å²) in [5, 5.41) is -0.930. The molecule has 18 heavy (non-hydrogen) atoms. The van der Waals surface area contributed by atoms with Gasteiger partial charge >= 0.3 is 0 Å². The Balaban J connectivity index is 2.69. The predicted molar refractivity (Wildman–Crippen MR) is 83.6 cm³/mol. The molecule has 0 nitrogen and oxygen atoms in total. The number of rotatable bonds is 3. The van der Waals surface area contributed by atoms with Crippen LogP contribution in [0.15, 0.2) is 0 Å². The van der Waals surface area contributed by atoms with E-state index in [9.17, 15) is 0 Å². The van der Waals surface area contributed by atoms with Crippen LogP contribution in [0.25, 0.3) is 0 Å². The van der Waals surface area contributed by atoms with Crippen molar-refractivity contribution in [2.24, 2.45) is 16.7 Å². The van der Waals surface area contributed by atoms with Gasteiger partial charge < -0.3 is 0 Å². The highest BCUT2D eigenvalue weighted by Crippen LogP contribution is 2.78. The summed E-state index contributed by atoms with van der Waals surface area (Å²) in [5.74, 6) is 0.321. The van der Waals surface area contributed by atoms with Gasteiger partial charge in [0.1, 0.15) is 9.17 Å². The van der Waals surface area contributed by atoms with Gasteiger partial charge in [-0.1, -0.05) is 0 Å². The van der Waals surface area contributed by atoms with Crippen LogP contribution in [0.1, 0.15) is 6.42 Å². The Morgan fingerprint density at radius 3 is 1.89 bits per heavy atom. The van der Waals surface area contributed by atoms with Crippen molar-refractivity contribution in [3.63, 3.8) is 0 Å². The van der Waals surface area contributed by atoms with Gasteiger partial charge in [0.15, 0.2) is 0 Å². The molecule has 0 radical (unpaired) electrons. The van der Waals surface area contributed by atoms with Gasteiger partial charge in [-0.3, -0.25) is 0 Å². The molecule has 2 saturated carbocycles. The molecule has 0 aromatic rings. The van der Waals surface area contributed by atoms with Gasteiger partial charge in [-0.15, -0.1) is 92.8 Å². The number of alkyl halides is 8. The van der Waals surface area contributed by atoms with E-state index < -0.39 is 25.4 Å². The molecule has 8 heteroatoms. The minimum absolute atomic E-state index is 0.105. The molecule has 4 atom stereocenters. The lowest BCUT2D eigenvalue weighted by Gasteiger charge is -2.49. The van der Waals surface area contributed by atoms with Gasteiger partial charge in [-0.25, -0.2) is 0 Å². The van der Waals surface area contributed by atoms with Crippen molar-refractivity contribution in [2.75, 3.05) is 11.8 Å². The lowest BCUT2D eigenvalue weighted by atomic mass is 9.69. The summed E-state index contributed by atoms with van der Waals surface area (Å²) in [6.45, 7) is 0. The van der Waals surface area contributed by atoms with Crippen LogP contribution in [0.5, 0.6) is 0 Å². The summed E-state index contributed by atoms with van der Waals surface area (Å²) >= 11 is 50.4. The van der Waals surface area contributed by atoms with Crippen molar-refractivity contribution in [1.82, 2.24) is 0 Å². The summed E-state index contributed by atoms with van der Waals surface area (Å²) in [5.41, 5.74) is -1.68. The van der Waals surface area contributed by atoms with Gasteiger partial charge in [0.05, 0.1) is 16.2 Å². The highest BCUT2D eigenvalue weighted by Gasteiger charge is 2.82. The van der Waals surface area contributed by atoms with Gasteiger partial charge in [0.25, 0.3) is 0 Å². The average Bonchev–Trinajstić information content (AvgIpc) is 2.61. The number of hydrogen-bond acceptors (Lipinski definition) is 0. The minimum Gasteiger partial charge on any atom is -0.126 e. The molecule has 0 N–H and O–H groups in total. The summed E-state index contributed by atoms with van der Waals surface area (Å²) in [6.07, 6.45) is 0.433. The van der Waals surface area contributed by atoms with Crippen LogP contribution in [-0.4, -0.2) is 31.7 Å². The highest BCUT2D eigenvalue weighted by molar-refractivity contribution is 6.54. The topological polar surface area (TPSA) is 0 Å². The van der Waals surface area contributed by atoms with Crippen LogP contribution in [0.4, 0.5) is 0 Å². The quantitative estimate of drug-likeness (QED) is 0.523. The molecule has 106 valence electrons. The predicted octanol–water partition coefficient (Wildman–Crippen LogP) is 5.66. The van der Waals surface area contributed by atoms with Crippen LogP contribution in [0.2, 0.25) is 0 Å². The SMILES string of the molecule is ClCC1(CCl)[C@H]2CC(Cl)(Cl)C1(C(Cl)Cl)[C@@H](Cl)[C@@H]2Cl. The molecule has 2 aliphatic rings. The van der Waals surface area contributed by atoms with Crippen LogP contribution >= 0.6 is 92.8 Å². The second kappa shape index (κ2) is 5.20. The van der Waals surface area contributed by atoms with Gasteiger partial charge in [-0.2, -0.15) is 0 Å². The Bertz CT molecular complexity index is 339. The minimum atomic E-state index is -1.19. The lowest BCUT2D eigenvalue weighted by Crippen LogP contribution is -2.56. The maximum Gasteiger partial charge on any atom is 0.128 e. The van der Waals surface area contributed by atoms with Gasteiger partial charge in [0.2, 0.25) is 0 Å². The van der Waals surface area contributed by atoms with E-state index >= 15 is 0 Å². The zero-order valence-electron chi connectivity index (χ0n) is 8.95. The first-order valence-corrected chi connectivity index (χ1v) is 8.86. The molecule has 2 rings (SSSR count). The Morgan fingerprint density at radius 2 is 1.56 bits per heavy atom. The second-order valence-electron chi connectivity index (χ2n) is 4.95. The van der Waals surface area contributed by atoms with E-state index in [0.717, 1.165) is 0 Å². The standard InChI is InChI=1S/C10H10Cl8/c11-2-8(3-12)4-1-9(17,18)10(8,7(15)16)6(14)5(4)13/h4-7H,1-3H2/t4-,5+,6-,10?/m0/s1. The summed E-state index contributed by atoms with van der Waals surface area (Å²) in [7, 11) is 0. The first kappa shape index (κ1) is 16.7. The van der Waals surface area contributed by atoms with Crippen molar-refractivity contribution in [1.29, 1.82) is 0 Å². The Morgan fingerprint density at radius 1 is 1.06 bits per heavy atom. The van der Waals surface area contributed by atoms with Gasteiger partial charge in [0, 0.05) is 17.2 Å². The molecule has 0 aliphatic heterocycles.